The number of rotatable bonds is 3. The molecule has 4 rings (SSSR count). The van der Waals surface area contributed by atoms with Gasteiger partial charge in [-0.3, -0.25) is 0 Å². The van der Waals surface area contributed by atoms with E-state index in [0.717, 1.165) is 28.6 Å². The molecule has 0 fully saturated rings. The SMILES string of the molecule is O=S(=O)(NC1CCc2[nH]c3cc(F)ccc3c2C1)c1ccc(Cl)cc1. The molecule has 1 aliphatic carbocycles. The molecule has 1 unspecified atom stereocenters. The zero-order valence-electron chi connectivity index (χ0n) is 13.2. The van der Waals surface area contributed by atoms with Crippen LogP contribution < -0.4 is 4.72 Å². The maximum absolute atomic E-state index is 13.4. The average Bonchev–Trinajstić information content (AvgIpc) is 2.91. The number of H-pyrrole nitrogens is 1. The van der Waals surface area contributed by atoms with Crippen LogP contribution in [0.2, 0.25) is 5.02 Å². The number of aromatic amines is 1. The monoisotopic (exact) mass is 378 g/mol. The van der Waals surface area contributed by atoms with E-state index in [4.69, 9.17) is 11.6 Å². The van der Waals surface area contributed by atoms with Gasteiger partial charge >= 0.3 is 0 Å². The summed E-state index contributed by atoms with van der Waals surface area (Å²) in [7, 11) is -3.60. The van der Waals surface area contributed by atoms with Crippen LogP contribution in [0.25, 0.3) is 10.9 Å². The van der Waals surface area contributed by atoms with Crippen LogP contribution in [0, 0.1) is 5.82 Å². The third-order valence-corrected chi connectivity index (χ3v) is 6.38. The highest BCUT2D eigenvalue weighted by Crippen LogP contribution is 2.30. The molecule has 0 spiro atoms. The quantitative estimate of drug-likeness (QED) is 0.728. The number of nitrogens with one attached hydrogen (secondary N) is 2. The molecule has 1 atom stereocenters. The molecule has 2 N–H and O–H groups in total. The Kier molecular flexibility index (Phi) is 4.06. The molecule has 0 saturated carbocycles. The van der Waals surface area contributed by atoms with Crippen LogP contribution in [0.5, 0.6) is 0 Å². The van der Waals surface area contributed by atoms with Gasteiger partial charge in [-0.2, -0.15) is 0 Å². The molecule has 4 nitrogen and oxygen atoms in total. The van der Waals surface area contributed by atoms with Crippen molar-refractivity contribution in [1.29, 1.82) is 0 Å². The van der Waals surface area contributed by atoms with Crippen molar-refractivity contribution in [3.8, 4) is 0 Å². The van der Waals surface area contributed by atoms with E-state index >= 15 is 0 Å². The summed E-state index contributed by atoms with van der Waals surface area (Å²) in [5.74, 6) is -0.286. The lowest BCUT2D eigenvalue weighted by atomic mass is 9.92. The number of halogens is 2. The molecule has 2 aromatic carbocycles. The third kappa shape index (κ3) is 3.17. The van der Waals surface area contributed by atoms with Crippen LogP contribution in [0.1, 0.15) is 17.7 Å². The number of hydrogen-bond donors (Lipinski definition) is 2. The van der Waals surface area contributed by atoms with Crippen LogP contribution in [0.4, 0.5) is 4.39 Å². The van der Waals surface area contributed by atoms with Crippen LogP contribution in [-0.4, -0.2) is 19.4 Å². The Hall–Kier alpha value is -1.89. The first kappa shape index (κ1) is 16.6. The number of benzene rings is 2. The Balaban J connectivity index is 1.60. The van der Waals surface area contributed by atoms with Crippen LogP contribution >= 0.6 is 11.6 Å². The first-order chi connectivity index (χ1) is 11.9. The van der Waals surface area contributed by atoms with E-state index in [1.807, 2.05) is 0 Å². The zero-order valence-corrected chi connectivity index (χ0v) is 14.8. The zero-order chi connectivity index (χ0) is 17.6. The van der Waals surface area contributed by atoms with Gasteiger partial charge in [-0.1, -0.05) is 11.6 Å². The van der Waals surface area contributed by atoms with Gasteiger partial charge in [-0.25, -0.2) is 17.5 Å². The Morgan fingerprint density at radius 3 is 2.68 bits per heavy atom. The fourth-order valence-corrected chi connectivity index (χ4v) is 4.80. The maximum Gasteiger partial charge on any atom is 0.240 e. The van der Waals surface area contributed by atoms with Gasteiger partial charge in [0.2, 0.25) is 10.0 Å². The number of aryl methyl sites for hydroxylation is 1. The summed E-state index contributed by atoms with van der Waals surface area (Å²) in [4.78, 5) is 3.44. The highest BCUT2D eigenvalue weighted by molar-refractivity contribution is 7.89. The van der Waals surface area contributed by atoms with Crippen molar-refractivity contribution in [2.24, 2.45) is 0 Å². The molecule has 3 aromatic rings. The van der Waals surface area contributed by atoms with Crippen molar-refractivity contribution in [2.75, 3.05) is 0 Å². The van der Waals surface area contributed by atoms with Crippen LogP contribution in [-0.2, 0) is 22.9 Å². The molecule has 1 heterocycles. The average molecular weight is 379 g/mol. The minimum absolute atomic E-state index is 0.197. The molecule has 25 heavy (non-hydrogen) atoms. The third-order valence-electron chi connectivity index (χ3n) is 4.60. The van der Waals surface area contributed by atoms with Crippen molar-refractivity contribution in [3.05, 3.63) is 64.6 Å². The topological polar surface area (TPSA) is 62.0 Å². The number of fused-ring (bicyclic) bond motifs is 3. The molecule has 0 radical (unpaired) electrons. The normalized spacial score (nSPS) is 17.6. The lowest BCUT2D eigenvalue weighted by Gasteiger charge is -2.23. The predicted molar refractivity (Wildman–Crippen MR) is 95.8 cm³/mol. The van der Waals surface area contributed by atoms with Gasteiger partial charge < -0.3 is 4.98 Å². The van der Waals surface area contributed by atoms with Gasteiger partial charge in [0.05, 0.1) is 4.90 Å². The maximum atomic E-state index is 13.4. The first-order valence-electron chi connectivity index (χ1n) is 7.99. The summed E-state index contributed by atoms with van der Waals surface area (Å²) < 4.78 is 41.3. The molecule has 1 aromatic heterocycles. The van der Waals surface area contributed by atoms with Crippen molar-refractivity contribution in [2.45, 2.75) is 30.2 Å². The van der Waals surface area contributed by atoms with Gasteiger partial charge in [0.15, 0.2) is 0 Å². The summed E-state index contributed by atoms with van der Waals surface area (Å²) in [6.07, 6.45) is 1.99. The van der Waals surface area contributed by atoms with Crippen LogP contribution in [0.3, 0.4) is 0 Å². The lowest BCUT2D eigenvalue weighted by molar-refractivity contribution is 0.506. The summed E-state index contributed by atoms with van der Waals surface area (Å²) in [6.45, 7) is 0. The van der Waals surface area contributed by atoms with Crippen molar-refractivity contribution >= 4 is 32.5 Å². The Labute approximate surface area is 150 Å². The number of sulfonamides is 1. The fourth-order valence-electron chi connectivity index (χ4n) is 3.40. The van der Waals surface area contributed by atoms with Crippen LogP contribution in [0.15, 0.2) is 47.4 Å². The van der Waals surface area contributed by atoms with Crippen molar-refractivity contribution in [3.63, 3.8) is 0 Å². The highest BCUT2D eigenvalue weighted by atomic mass is 35.5. The molecule has 0 bridgehead atoms. The lowest BCUT2D eigenvalue weighted by Crippen LogP contribution is -2.38. The van der Waals surface area contributed by atoms with Crippen molar-refractivity contribution in [1.82, 2.24) is 9.71 Å². The second-order valence-corrected chi connectivity index (χ2v) is 8.44. The van der Waals surface area contributed by atoms with E-state index in [1.54, 1.807) is 18.2 Å². The van der Waals surface area contributed by atoms with E-state index in [-0.39, 0.29) is 16.8 Å². The van der Waals surface area contributed by atoms with E-state index in [9.17, 15) is 12.8 Å². The van der Waals surface area contributed by atoms with E-state index in [0.29, 0.717) is 17.9 Å². The molecular weight excluding hydrogens is 363 g/mol. The first-order valence-corrected chi connectivity index (χ1v) is 9.85. The molecule has 130 valence electrons. The second kappa shape index (κ2) is 6.12. The highest BCUT2D eigenvalue weighted by Gasteiger charge is 2.26. The Morgan fingerprint density at radius 2 is 1.92 bits per heavy atom. The summed E-state index contributed by atoms with van der Waals surface area (Å²) in [6, 6.07) is 10.6. The number of hydrogen-bond acceptors (Lipinski definition) is 2. The predicted octanol–water partition coefficient (Wildman–Crippen LogP) is 3.80. The van der Waals surface area contributed by atoms with Crippen molar-refractivity contribution < 1.29 is 12.8 Å². The molecule has 0 saturated heterocycles. The molecular formula is C18H16ClFN2O2S. The van der Waals surface area contributed by atoms with E-state index in [1.165, 1.54) is 24.3 Å². The smallest absolute Gasteiger partial charge is 0.240 e. The fraction of sp³-hybridized carbons (Fsp3) is 0.222. The number of aromatic nitrogens is 1. The van der Waals surface area contributed by atoms with Gasteiger partial charge in [0, 0.05) is 27.7 Å². The second-order valence-electron chi connectivity index (χ2n) is 6.29. The van der Waals surface area contributed by atoms with Gasteiger partial charge in [-0.15, -0.1) is 0 Å². The summed E-state index contributed by atoms with van der Waals surface area (Å²) in [5, 5.41) is 1.44. The minimum Gasteiger partial charge on any atom is -0.358 e. The van der Waals surface area contributed by atoms with E-state index in [2.05, 4.69) is 9.71 Å². The largest absolute Gasteiger partial charge is 0.358 e. The van der Waals surface area contributed by atoms with Gasteiger partial charge in [0.25, 0.3) is 0 Å². The molecule has 0 amide bonds. The van der Waals surface area contributed by atoms with Gasteiger partial charge in [0.1, 0.15) is 5.82 Å². The Morgan fingerprint density at radius 1 is 1.16 bits per heavy atom. The van der Waals surface area contributed by atoms with E-state index < -0.39 is 10.0 Å². The molecule has 0 aliphatic heterocycles. The van der Waals surface area contributed by atoms with Gasteiger partial charge in [-0.05, 0) is 67.3 Å². The molecule has 7 heteroatoms. The summed E-state index contributed by atoms with van der Waals surface area (Å²) in [5.41, 5.74) is 2.87. The Bertz CT molecular complexity index is 1040. The summed E-state index contributed by atoms with van der Waals surface area (Å²) >= 11 is 5.82. The molecule has 1 aliphatic rings. The minimum atomic E-state index is -3.60. The standard InChI is InChI=1S/C18H16ClFN2O2S/c19-11-1-5-14(6-2-11)25(23,24)22-13-4-8-17-16(10-13)15-7-3-12(20)9-18(15)21-17/h1-3,5-7,9,13,21-22H,4,8,10H2.